The molecule has 0 bridgehead atoms. The maximum Gasteiger partial charge on any atom is 0.289 e. The molecule has 0 fully saturated rings. The number of Topliss-reactive ketones (excluding diaryl/α,β-unsaturated/α-hetero) is 1. The predicted molar refractivity (Wildman–Crippen MR) is 107 cm³/mol. The number of amides is 2. The van der Waals surface area contributed by atoms with E-state index in [0.717, 1.165) is 37.7 Å². The SMILES string of the molecule is CCNC(=O)C(=O)[C@@H]1CC=CCCCCCCCc2ccccc2C(=O)N1. The molecule has 5 heteroatoms. The molecule has 0 aromatic heterocycles. The highest BCUT2D eigenvalue weighted by Crippen LogP contribution is 2.15. The van der Waals surface area contributed by atoms with Gasteiger partial charge in [-0.05, 0) is 50.7 Å². The summed E-state index contributed by atoms with van der Waals surface area (Å²) in [5, 5.41) is 5.31. The maximum absolute atomic E-state index is 12.8. The standard InChI is InChI=1S/C22H30N2O3/c1-2-23-22(27)20(25)19-16-10-8-6-4-3-5-7-9-13-17-14-11-12-15-18(17)21(26)24-19/h8,10-12,14-15,19H,2-7,9,13,16H2,1H3,(H,23,27)(H,24,26)/t19-/m0/s1. The van der Waals surface area contributed by atoms with Crippen molar-refractivity contribution in [1.82, 2.24) is 10.6 Å². The van der Waals surface area contributed by atoms with E-state index < -0.39 is 17.7 Å². The third kappa shape index (κ3) is 6.66. The van der Waals surface area contributed by atoms with Crippen LogP contribution >= 0.6 is 0 Å². The van der Waals surface area contributed by atoms with Gasteiger partial charge in [0.05, 0.1) is 0 Å². The largest absolute Gasteiger partial charge is 0.350 e. The van der Waals surface area contributed by atoms with Crippen molar-refractivity contribution >= 4 is 17.6 Å². The molecule has 27 heavy (non-hydrogen) atoms. The van der Waals surface area contributed by atoms with Gasteiger partial charge in [0.15, 0.2) is 0 Å². The van der Waals surface area contributed by atoms with Gasteiger partial charge in [0, 0.05) is 12.1 Å². The van der Waals surface area contributed by atoms with Gasteiger partial charge in [0.25, 0.3) is 11.8 Å². The Morgan fingerprint density at radius 3 is 2.63 bits per heavy atom. The molecule has 1 atom stereocenters. The first-order valence-corrected chi connectivity index (χ1v) is 9.99. The van der Waals surface area contributed by atoms with Crippen LogP contribution in [0.15, 0.2) is 36.4 Å². The van der Waals surface area contributed by atoms with E-state index in [0.29, 0.717) is 18.5 Å². The minimum atomic E-state index is -0.849. The van der Waals surface area contributed by atoms with E-state index in [-0.39, 0.29) is 5.91 Å². The highest BCUT2D eigenvalue weighted by atomic mass is 16.2. The van der Waals surface area contributed by atoms with Crippen LogP contribution in [-0.2, 0) is 16.0 Å². The normalized spacial score (nSPS) is 19.1. The number of nitrogens with one attached hydrogen (secondary N) is 2. The number of hydrogen-bond donors (Lipinski definition) is 2. The molecule has 0 radical (unpaired) electrons. The van der Waals surface area contributed by atoms with Gasteiger partial charge in [-0.25, -0.2) is 0 Å². The highest BCUT2D eigenvalue weighted by Gasteiger charge is 2.26. The molecule has 1 aliphatic rings. The summed E-state index contributed by atoms with van der Waals surface area (Å²) in [7, 11) is 0. The Morgan fingerprint density at radius 2 is 1.81 bits per heavy atom. The molecule has 0 unspecified atom stereocenters. The van der Waals surface area contributed by atoms with Crippen LogP contribution in [-0.4, -0.2) is 30.2 Å². The number of likely N-dealkylation sites (N-methyl/N-ethyl adjacent to an activating group) is 1. The van der Waals surface area contributed by atoms with Crippen molar-refractivity contribution in [1.29, 1.82) is 0 Å². The van der Waals surface area contributed by atoms with Crippen LogP contribution in [0.4, 0.5) is 0 Å². The van der Waals surface area contributed by atoms with Gasteiger partial charge < -0.3 is 10.6 Å². The highest BCUT2D eigenvalue weighted by molar-refractivity contribution is 6.38. The van der Waals surface area contributed by atoms with E-state index >= 15 is 0 Å². The van der Waals surface area contributed by atoms with Crippen molar-refractivity contribution in [2.75, 3.05) is 6.54 Å². The zero-order chi connectivity index (χ0) is 19.5. The van der Waals surface area contributed by atoms with Crippen molar-refractivity contribution in [2.24, 2.45) is 0 Å². The van der Waals surface area contributed by atoms with Crippen molar-refractivity contribution in [2.45, 2.75) is 64.3 Å². The second-order valence-corrected chi connectivity index (χ2v) is 6.92. The zero-order valence-electron chi connectivity index (χ0n) is 16.1. The Labute approximate surface area is 161 Å². The van der Waals surface area contributed by atoms with Crippen molar-refractivity contribution in [3.8, 4) is 0 Å². The van der Waals surface area contributed by atoms with Gasteiger partial charge in [0.1, 0.15) is 6.04 Å². The molecule has 2 amide bonds. The molecule has 1 heterocycles. The number of fused-ring (bicyclic) bond motifs is 1. The molecule has 146 valence electrons. The summed E-state index contributed by atoms with van der Waals surface area (Å²) in [4.78, 5) is 37.3. The molecule has 0 saturated carbocycles. The monoisotopic (exact) mass is 370 g/mol. The summed E-state index contributed by atoms with van der Waals surface area (Å²) >= 11 is 0. The lowest BCUT2D eigenvalue weighted by Crippen LogP contribution is -2.47. The number of allylic oxidation sites excluding steroid dienone is 1. The van der Waals surface area contributed by atoms with Crippen LogP contribution in [0.5, 0.6) is 0 Å². The number of benzene rings is 1. The van der Waals surface area contributed by atoms with Crippen LogP contribution in [0, 0.1) is 0 Å². The summed E-state index contributed by atoms with van der Waals surface area (Å²) in [5.41, 5.74) is 1.58. The van der Waals surface area contributed by atoms with Gasteiger partial charge >= 0.3 is 0 Å². The molecule has 1 aliphatic heterocycles. The van der Waals surface area contributed by atoms with Crippen LogP contribution in [0.25, 0.3) is 0 Å². The van der Waals surface area contributed by atoms with Gasteiger partial charge in [0.2, 0.25) is 5.78 Å². The molecule has 1 aromatic carbocycles. The fourth-order valence-electron chi connectivity index (χ4n) is 3.29. The van der Waals surface area contributed by atoms with Gasteiger partial charge in [-0.1, -0.05) is 49.6 Å². The van der Waals surface area contributed by atoms with Crippen LogP contribution in [0.1, 0.15) is 67.8 Å². The third-order valence-electron chi connectivity index (χ3n) is 4.80. The lowest BCUT2D eigenvalue weighted by atomic mass is 9.99. The molecule has 1 aromatic rings. The number of ketones is 1. The summed E-state index contributed by atoms with van der Waals surface area (Å²) < 4.78 is 0. The van der Waals surface area contributed by atoms with Crippen molar-refractivity contribution in [3.05, 3.63) is 47.5 Å². The molecule has 5 nitrogen and oxygen atoms in total. The summed E-state index contributed by atoms with van der Waals surface area (Å²) in [6, 6.07) is 6.66. The molecule has 0 aliphatic carbocycles. The Kier molecular flexibility index (Phi) is 8.75. The average molecular weight is 370 g/mol. The predicted octanol–water partition coefficient (Wildman–Crippen LogP) is 3.33. The summed E-state index contributed by atoms with van der Waals surface area (Å²) in [6.07, 6.45) is 11.8. The Bertz CT molecular complexity index is 682. The van der Waals surface area contributed by atoms with Crippen molar-refractivity contribution < 1.29 is 14.4 Å². The summed E-state index contributed by atoms with van der Waals surface area (Å²) in [5.74, 6) is -1.55. The lowest BCUT2D eigenvalue weighted by Gasteiger charge is -2.17. The fourth-order valence-corrected chi connectivity index (χ4v) is 3.29. The first-order valence-electron chi connectivity index (χ1n) is 9.99. The van der Waals surface area contributed by atoms with Gasteiger partial charge in [-0.15, -0.1) is 0 Å². The average Bonchev–Trinajstić information content (AvgIpc) is 2.68. The van der Waals surface area contributed by atoms with Crippen LogP contribution in [0.3, 0.4) is 0 Å². The first-order chi connectivity index (χ1) is 13.1. The fraction of sp³-hybridized carbons (Fsp3) is 0.500. The van der Waals surface area contributed by atoms with Crippen LogP contribution in [0.2, 0.25) is 0 Å². The van der Waals surface area contributed by atoms with Crippen molar-refractivity contribution in [3.63, 3.8) is 0 Å². The van der Waals surface area contributed by atoms with Gasteiger partial charge in [-0.2, -0.15) is 0 Å². The second-order valence-electron chi connectivity index (χ2n) is 6.92. The van der Waals surface area contributed by atoms with E-state index in [9.17, 15) is 14.4 Å². The quantitative estimate of drug-likeness (QED) is 0.633. The molecule has 2 N–H and O–H groups in total. The number of carbonyl (C=O) groups is 3. The first kappa shape index (κ1) is 20.9. The van der Waals surface area contributed by atoms with E-state index in [1.54, 1.807) is 13.0 Å². The number of hydrogen-bond acceptors (Lipinski definition) is 3. The molecule has 0 saturated heterocycles. The Balaban J connectivity index is 2.22. The van der Waals surface area contributed by atoms with E-state index in [2.05, 4.69) is 10.6 Å². The lowest BCUT2D eigenvalue weighted by molar-refractivity contribution is -0.138. The molecule has 2 rings (SSSR count). The summed E-state index contributed by atoms with van der Waals surface area (Å²) in [6.45, 7) is 2.14. The van der Waals surface area contributed by atoms with Crippen LogP contribution < -0.4 is 10.6 Å². The second kappa shape index (κ2) is 11.3. The number of aryl methyl sites for hydroxylation is 1. The number of rotatable bonds is 3. The van der Waals surface area contributed by atoms with Gasteiger partial charge in [-0.3, -0.25) is 14.4 Å². The Morgan fingerprint density at radius 1 is 1.07 bits per heavy atom. The topological polar surface area (TPSA) is 75.3 Å². The molecular formula is C22H30N2O3. The zero-order valence-corrected chi connectivity index (χ0v) is 16.1. The molecule has 0 spiro atoms. The third-order valence-corrected chi connectivity index (χ3v) is 4.80. The minimum Gasteiger partial charge on any atom is -0.350 e. The maximum atomic E-state index is 12.8. The minimum absolute atomic E-state index is 0.295. The molecular weight excluding hydrogens is 340 g/mol. The smallest absolute Gasteiger partial charge is 0.289 e. The van der Waals surface area contributed by atoms with E-state index in [4.69, 9.17) is 0 Å². The number of carbonyl (C=O) groups excluding carboxylic acids is 3. The van der Waals surface area contributed by atoms with E-state index in [1.165, 1.54) is 12.8 Å². The Hall–Kier alpha value is -2.43. The van der Waals surface area contributed by atoms with E-state index in [1.807, 2.05) is 30.4 Å².